The normalized spacial score (nSPS) is 14.2. The average Bonchev–Trinajstić information content (AvgIpc) is 3.15. The molecule has 1 saturated carbocycles. The Morgan fingerprint density at radius 2 is 1.92 bits per heavy atom. The highest BCUT2D eigenvalue weighted by molar-refractivity contribution is 5.92. The lowest BCUT2D eigenvalue weighted by Gasteiger charge is -2.17. The van der Waals surface area contributed by atoms with Gasteiger partial charge in [-0.15, -0.1) is 0 Å². The monoisotopic (exact) mass is 357 g/mol. The third kappa shape index (κ3) is 4.75. The van der Waals surface area contributed by atoms with Gasteiger partial charge in [0.05, 0.1) is 18.9 Å². The van der Waals surface area contributed by atoms with E-state index in [-0.39, 0.29) is 24.2 Å². The summed E-state index contributed by atoms with van der Waals surface area (Å²) in [6.45, 7) is 0. The molecule has 4 nitrogen and oxygen atoms in total. The molecule has 0 aliphatic heterocycles. The molecule has 2 aromatic rings. The molecule has 0 radical (unpaired) electrons. The van der Waals surface area contributed by atoms with E-state index in [9.17, 15) is 9.18 Å². The van der Waals surface area contributed by atoms with E-state index in [1.807, 2.05) is 24.3 Å². The molecule has 5 heteroatoms. The Bertz CT molecular complexity index is 757. The van der Waals surface area contributed by atoms with Crippen LogP contribution >= 0.6 is 0 Å². The first kappa shape index (κ1) is 18.2. The van der Waals surface area contributed by atoms with E-state index >= 15 is 0 Å². The molecule has 1 fully saturated rings. The molecule has 0 bridgehead atoms. The maximum Gasteiger partial charge on any atom is 0.224 e. The van der Waals surface area contributed by atoms with E-state index < -0.39 is 5.82 Å². The summed E-state index contributed by atoms with van der Waals surface area (Å²) in [6, 6.07) is 12.3. The van der Waals surface area contributed by atoms with Crippen LogP contribution in [0, 0.1) is 5.82 Å². The molecular weight excluding hydrogens is 333 g/mol. The van der Waals surface area contributed by atoms with Gasteiger partial charge < -0.3 is 14.8 Å². The number of methoxy groups -OCH3 is 1. The molecule has 1 amide bonds. The molecule has 0 spiro atoms. The van der Waals surface area contributed by atoms with Gasteiger partial charge in [-0.25, -0.2) is 4.39 Å². The number of anilines is 1. The number of benzene rings is 2. The first-order valence-corrected chi connectivity index (χ1v) is 9.03. The van der Waals surface area contributed by atoms with Crippen LogP contribution in [0.3, 0.4) is 0 Å². The third-order valence-electron chi connectivity index (χ3n) is 4.61. The van der Waals surface area contributed by atoms with Crippen molar-refractivity contribution in [3.8, 4) is 11.5 Å². The molecule has 0 saturated heterocycles. The van der Waals surface area contributed by atoms with Gasteiger partial charge in [0.15, 0.2) is 11.6 Å². The molecule has 0 atom stereocenters. The molecule has 0 unspecified atom stereocenters. The molecule has 2 aromatic carbocycles. The van der Waals surface area contributed by atoms with Gasteiger partial charge in [0, 0.05) is 6.42 Å². The Morgan fingerprint density at radius 1 is 1.15 bits per heavy atom. The smallest absolute Gasteiger partial charge is 0.224 e. The van der Waals surface area contributed by atoms with E-state index in [1.165, 1.54) is 26.0 Å². The number of hydrogen-bond donors (Lipinski definition) is 1. The second-order valence-electron chi connectivity index (χ2n) is 6.54. The van der Waals surface area contributed by atoms with E-state index in [0.29, 0.717) is 17.9 Å². The summed E-state index contributed by atoms with van der Waals surface area (Å²) >= 11 is 0. The highest BCUT2D eigenvalue weighted by atomic mass is 19.1. The van der Waals surface area contributed by atoms with Crippen molar-refractivity contribution in [2.45, 2.75) is 44.6 Å². The molecule has 1 aliphatic carbocycles. The Morgan fingerprint density at radius 3 is 2.65 bits per heavy atom. The van der Waals surface area contributed by atoms with Crippen molar-refractivity contribution in [1.82, 2.24) is 0 Å². The molecule has 1 N–H and O–H groups in total. The van der Waals surface area contributed by atoms with Gasteiger partial charge in [0.25, 0.3) is 0 Å². The number of rotatable bonds is 7. The lowest BCUT2D eigenvalue weighted by Crippen LogP contribution is -2.16. The maximum atomic E-state index is 13.7. The number of carbonyl (C=O) groups excluding carboxylic acids is 1. The van der Waals surface area contributed by atoms with Crippen molar-refractivity contribution in [2.24, 2.45) is 0 Å². The third-order valence-corrected chi connectivity index (χ3v) is 4.61. The van der Waals surface area contributed by atoms with Crippen LogP contribution in [0.5, 0.6) is 11.5 Å². The van der Waals surface area contributed by atoms with Crippen molar-refractivity contribution in [1.29, 1.82) is 0 Å². The number of hydrogen-bond acceptors (Lipinski definition) is 3. The Hall–Kier alpha value is -2.56. The van der Waals surface area contributed by atoms with Gasteiger partial charge in [-0.3, -0.25) is 4.79 Å². The molecule has 0 aromatic heterocycles. The highest BCUT2D eigenvalue weighted by Crippen LogP contribution is 2.29. The van der Waals surface area contributed by atoms with Crippen LogP contribution < -0.4 is 14.8 Å². The van der Waals surface area contributed by atoms with E-state index in [4.69, 9.17) is 9.47 Å². The maximum absolute atomic E-state index is 13.7. The number of ether oxygens (including phenoxy) is 2. The zero-order chi connectivity index (χ0) is 18.4. The van der Waals surface area contributed by atoms with Gasteiger partial charge in [-0.05, 0) is 61.9 Å². The van der Waals surface area contributed by atoms with Crippen LogP contribution in [0.25, 0.3) is 0 Å². The topological polar surface area (TPSA) is 47.6 Å². The first-order valence-electron chi connectivity index (χ1n) is 9.03. The van der Waals surface area contributed by atoms with Crippen molar-refractivity contribution >= 4 is 11.6 Å². The van der Waals surface area contributed by atoms with E-state index in [0.717, 1.165) is 18.4 Å². The van der Waals surface area contributed by atoms with Crippen molar-refractivity contribution in [2.75, 3.05) is 12.4 Å². The zero-order valence-electron chi connectivity index (χ0n) is 15.0. The zero-order valence-corrected chi connectivity index (χ0v) is 15.0. The van der Waals surface area contributed by atoms with Crippen molar-refractivity contribution in [3.05, 3.63) is 53.8 Å². The van der Waals surface area contributed by atoms with Gasteiger partial charge in [0.1, 0.15) is 5.75 Å². The molecule has 0 heterocycles. The van der Waals surface area contributed by atoms with Crippen LogP contribution in [0.4, 0.5) is 10.1 Å². The fourth-order valence-corrected chi connectivity index (χ4v) is 3.19. The summed E-state index contributed by atoms with van der Waals surface area (Å²) in [5, 5.41) is 2.91. The molecule has 1 aliphatic rings. The van der Waals surface area contributed by atoms with Crippen molar-refractivity contribution in [3.63, 3.8) is 0 Å². The summed E-state index contributed by atoms with van der Waals surface area (Å²) in [5.74, 6) is 0.379. The quantitative estimate of drug-likeness (QED) is 0.779. The predicted octanol–water partition coefficient (Wildman–Crippen LogP) is 4.73. The summed E-state index contributed by atoms with van der Waals surface area (Å²) in [4.78, 5) is 12.3. The molecule has 26 heavy (non-hydrogen) atoms. The lowest BCUT2D eigenvalue weighted by atomic mass is 10.1. The van der Waals surface area contributed by atoms with Crippen molar-refractivity contribution < 1.29 is 18.7 Å². The Labute approximate surface area is 153 Å². The summed E-state index contributed by atoms with van der Waals surface area (Å²) in [6.07, 6.45) is 5.46. The van der Waals surface area contributed by atoms with Gasteiger partial charge in [-0.1, -0.05) is 18.2 Å². The summed E-state index contributed by atoms with van der Waals surface area (Å²) in [5.41, 5.74) is 1.44. The number of halogens is 1. The first-order chi connectivity index (χ1) is 12.7. The SMILES string of the molecule is COc1ccc(CCC(=O)Nc2ccccc2OC2CCCC2)cc1F. The number of carbonyl (C=O) groups is 1. The standard InChI is InChI=1S/C21H24FNO3/c1-25-19-12-10-15(14-17(19)22)11-13-21(24)23-18-8-4-5-9-20(18)26-16-6-2-3-7-16/h4-5,8-10,12,14,16H,2-3,6-7,11,13H2,1H3,(H,23,24). The lowest BCUT2D eigenvalue weighted by molar-refractivity contribution is -0.116. The minimum atomic E-state index is -0.416. The molecule has 138 valence electrons. The number of aryl methyl sites for hydroxylation is 1. The average molecular weight is 357 g/mol. The number of nitrogens with one attached hydrogen (secondary N) is 1. The molecular formula is C21H24FNO3. The Kier molecular flexibility index (Phi) is 6.10. The van der Waals surface area contributed by atoms with Gasteiger partial charge in [-0.2, -0.15) is 0 Å². The molecule has 3 rings (SSSR count). The number of amides is 1. The second-order valence-corrected chi connectivity index (χ2v) is 6.54. The van der Waals surface area contributed by atoms with Gasteiger partial charge >= 0.3 is 0 Å². The van der Waals surface area contributed by atoms with E-state index in [2.05, 4.69) is 5.32 Å². The predicted molar refractivity (Wildman–Crippen MR) is 99.2 cm³/mol. The summed E-state index contributed by atoms with van der Waals surface area (Å²) < 4.78 is 24.7. The fraction of sp³-hybridized carbons (Fsp3) is 0.381. The minimum absolute atomic E-state index is 0.122. The van der Waals surface area contributed by atoms with Gasteiger partial charge in [0.2, 0.25) is 5.91 Å². The van der Waals surface area contributed by atoms with Crippen LogP contribution in [-0.2, 0) is 11.2 Å². The minimum Gasteiger partial charge on any atom is -0.494 e. The summed E-state index contributed by atoms with van der Waals surface area (Å²) in [7, 11) is 1.43. The highest BCUT2D eigenvalue weighted by Gasteiger charge is 2.18. The Balaban J connectivity index is 1.57. The van der Waals surface area contributed by atoms with Crippen LogP contribution in [0.1, 0.15) is 37.7 Å². The van der Waals surface area contributed by atoms with E-state index in [1.54, 1.807) is 12.1 Å². The largest absolute Gasteiger partial charge is 0.494 e. The van der Waals surface area contributed by atoms with Crippen LogP contribution in [0.15, 0.2) is 42.5 Å². The van der Waals surface area contributed by atoms with Crippen LogP contribution in [-0.4, -0.2) is 19.1 Å². The fourth-order valence-electron chi connectivity index (χ4n) is 3.19. The second kappa shape index (κ2) is 8.70. The van der Waals surface area contributed by atoms with Crippen LogP contribution in [0.2, 0.25) is 0 Å². The number of para-hydroxylation sites is 2.